The van der Waals surface area contributed by atoms with Gasteiger partial charge < -0.3 is 15.3 Å². The van der Waals surface area contributed by atoms with Crippen LogP contribution in [0.25, 0.3) is 0 Å². The van der Waals surface area contributed by atoms with Gasteiger partial charge in [-0.3, -0.25) is 4.90 Å². The van der Waals surface area contributed by atoms with Crippen molar-refractivity contribution in [3.05, 3.63) is 0 Å². The molecule has 0 heterocycles. The first kappa shape index (κ1) is 11.8. The fourth-order valence-electron chi connectivity index (χ4n) is 1.03. The van der Waals surface area contributed by atoms with Gasteiger partial charge in [-0.15, -0.1) is 0 Å². The van der Waals surface area contributed by atoms with Gasteiger partial charge in [-0.25, -0.2) is 0 Å². The summed E-state index contributed by atoms with van der Waals surface area (Å²) in [4.78, 5) is 1.77. The summed E-state index contributed by atoms with van der Waals surface area (Å²) in [7, 11) is 1.77. The lowest BCUT2D eigenvalue weighted by Gasteiger charge is -2.40. The highest BCUT2D eigenvalue weighted by molar-refractivity contribution is 4.89. The first-order chi connectivity index (χ1) is 5.54. The second-order valence-electron chi connectivity index (χ2n) is 3.40. The molecule has 0 aromatic heterocycles. The second kappa shape index (κ2) is 4.77. The van der Waals surface area contributed by atoms with E-state index in [-0.39, 0.29) is 25.9 Å². The number of rotatable bonds is 5. The van der Waals surface area contributed by atoms with Crippen molar-refractivity contribution in [2.75, 3.05) is 26.9 Å². The standard InChI is InChI=1S/C8H19NO3/c1-7(2)9(3)8(4-10,5-11)6-12/h7,10-12H,4-6H2,1-3H3. The van der Waals surface area contributed by atoms with Crippen molar-refractivity contribution < 1.29 is 15.3 Å². The molecule has 0 unspecified atom stereocenters. The molecule has 0 bridgehead atoms. The molecule has 0 saturated carbocycles. The number of hydrogen-bond acceptors (Lipinski definition) is 4. The van der Waals surface area contributed by atoms with Crippen molar-refractivity contribution in [1.29, 1.82) is 0 Å². The van der Waals surface area contributed by atoms with Gasteiger partial charge >= 0.3 is 0 Å². The van der Waals surface area contributed by atoms with Crippen LogP contribution in [0, 0.1) is 0 Å². The Morgan fingerprint density at radius 3 is 1.50 bits per heavy atom. The van der Waals surface area contributed by atoms with Crippen LogP contribution in [0.3, 0.4) is 0 Å². The van der Waals surface area contributed by atoms with Crippen molar-refractivity contribution >= 4 is 0 Å². The summed E-state index contributed by atoms with van der Waals surface area (Å²) in [6.07, 6.45) is 0. The van der Waals surface area contributed by atoms with E-state index in [9.17, 15) is 0 Å². The van der Waals surface area contributed by atoms with E-state index in [1.54, 1.807) is 11.9 Å². The molecule has 4 heteroatoms. The molecule has 0 saturated heterocycles. The average molecular weight is 177 g/mol. The quantitative estimate of drug-likeness (QED) is 0.506. The third-order valence-electron chi connectivity index (χ3n) is 2.41. The second-order valence-corrected chi connectivity index (χ2v) is 3.40. The molecule has 4 nitrogen and oxygen atoms in total. The zero-order valence-electron chi connectivity index (χ0n) is 7.99. The molecule has 12 heavy (non-hydrogen) atoms. The van der Waals surface area contributed by atoms with E-state index in [1.165, 1.54) is 0 Å². The molecule has 0 amide bonds. The summed E-state index contributed by atoms with van der Waals surface area (Å²) < 4.78 is 0. The summed E-state index contributed by atoms with van der Waals surface area (Å²) in [5, 5.41) is 27.1. The van der Waals surface area contributed by atoms with E-state index in [1.807, 2.05) is 13.8 Å². The van der Waals surface area contributed by atoms with Crippen LogP contribution >= 0.6 is 0 Å². The van der Waals surface area contributed by atoms with E-state index >= 15 is 0 Å². The maximum Gasteiger partial charge on any atom is 0.0906 e. The van der Waals surface area contributed by atoms with E-state index in [0.29, 0.717) is 0 Å². The van der Waals surface area contributed by atoms with E-state index < -0.39 is 5.54 Å². The largest absolute Gasteiger partial charge is 0.394 e. The Kier molecular flexibility index (Phi) is 4.70. The Labute approximate surface area is 73.4 Å². The molecule has 0 fully saturated rings. The van der Waals surface area contributed by atoms with Crippen molar-refractivity contribution in [3.8, 4) is 0 Å². The normalized spacial score (nSPS) is 13.0. The molecule has 0 aromatic carbocycles. The van der Waals surface area contributed by atoms with Crippen LogP contribution in [0.1, 0.15) is 13.8 Å². The zero-order chi connectivity index (χ0) is 9.78. The van der Waals surface area contributed by atoms with Gasteiger partial charge in [-0.2, -0.15) is 0 Å². The Morgan fingerprint density at radius 1 is 1.08 bits per heavy atom. The molecule has 0 aliphatic heterocycles. The predicted molar refractivity (Wildman–Crippen MR) is 46.9 cm³/mol. The van der Waals surface area contributed by atoms with Crippen LogP contribution in [0.2, 0.25) is 0 Å². The van der Waals surface area contributed by atoms with Crippen LogP contribution in [0.5, 0.6) is 0 Å². The lowest BCUT2D eigenvalue weighted by molar-refractivity contribution is -0.0482. The molecule has 0 radical (unpaired) electrons. The Balaban J connectivity index is 4.46. The summed E-state index contributed by atoms with van der Waals surface area (Å²) in [5.41, 5.74) is -0.895. The third-order valence-corrected chi connectivity index (χ3v) is 2.41. The van der Waals surface area contributed by atoms with Crippen LogP contribution in [-0.4, -0.2) is 58.7 Å². The summed E-state index contributed by atoms with van der Waals surface area (Å²) in [6.45, 7) is 3.16. The minimum atomic E-state index is -0.895. The number of aliphatic hydroxyl groups excluding tert-OH is 3. The van der Waals surface area contributed by atoms with Crippen molar-refractivity contribution in [2.24, 2.45) is 0 Å². The Morgan fingerprint density at radius 2 is 1.42 bits per heavy atom. The molecular weight excluding hydrogens is 158 g/mol. The third kappa shape index (κ3) is 2.17. The minimum Gasteiger partial charge on any atom is -0.394 e. The fourth-order valence-corrected chi connectivity index (χ4v) is 1.03. The number of aliphatic hydroxyl groups is 3. The predicted octanol–water partition coefficient (Wildman–Crippen LogP) is -0.958. The maximum absolute atomic E-state index is 9.03. The molecule has 0 aliphatic carbocycles. The Bertz CT molecular complexity index is 115. The SMILES string of the molecule is CC(C)N(C)C(CO)(CO)CO. The molecule has 3 N–H and O–H groups in total. The fraction of sp³-hybridized carbons (Fsp3) is 1.00. The lowest BCUT2D eigenvalue weighted by Crippen LogP contribution is -2.57. The molecule has 74 valence electrons. The maximum atomic E-state index is 9.03. The highest BCUT2D eigenvalue weighted by Gasteiger charge is 2.34. The van der Waals surface area contributed by atoms with Gasteiger partial charge in [0.25, 0.3) is 0 Å². The highest BCUT2D eigenvalue weighted by Crippen LogP contribution is 2.14. The zero-order valence-corrected chi connectivity index (χ0v) is 7.99. The van der Waals surface area contributed by atoms with Crippen LogP contribution in [-0.2, 0) is 0 Å². The molecule has 0 aliphatic rings. The van der Waals surface area contributed by atoms with Gasteiger partial charge in [0.1, 0.15) is 0 Å². The van der Waals surface area contributed by atoms with Crippen molar-refractivity contribution in [3.63, 3.8) is 0 Å². The molecule has 0 spiro atoms. The highest BCUT2D eigenvalue weighted by atomic mass is 16.3. The first-order valence-corrected chi connectivity index (χ1v) is 4.09. The smallest absolute Gasteiger partial charge is 0.0906 e. The van der Waals surface area contributed by atoms with E-state index in [0.717, 1.165) is 0 Å². The van der Waals surface area contributed by atoms with Gasteiger partial charge in [0.15, 0.2) is 0 Å². The average Bonchev–Trinajstić information content (AvgIpc) is 2.08. The van der Waals surface area contributed by atoms with Gasteiger partial charge in [0.2, 0.25) is 0 Å². The number of likely N-dealkylation sites (N-methyl/N-ethyl adjacent to an activating group) is 1. The van der Waals surface area contributed by atoms with Crippen LogP contribution in [0.4, 0.5) is 0 Å². The number of hydrogen-bond donors (Lipinski definition) is 3. The Hall–Kier alpha value is -0.160. The lowest BCUT2D eigenvalue weighted by atomic mass is 10.00. The number of nitrogens with zero attached hydrogens (tertiary/aromatic N) is 1. The summed E-state index contributed by atoms with van der Waals surface area (Å²) in [6, 6.07) is 0.177. The topological polar surface area (TPSA) is 63.9 Å². The van der Waals surface area contributed by atoms with Gasteiger partial charge in [0, 0.05) is 6.04 Å². The molecular formula is C8H19NO3. The van der Waals surface area contributed by atoms with E-state index in [4.69, 9.17) is 15.3 Å². The van der Waals surface area contributed by atoms with Gasteiger partial charge in [-0.05, 0) is 20.9 Å². The summed E-state index contributed by atoms with van der Waals surface area (Å²) in [5.74, 6) is 0. The first-order valence-electron chi connectivity index (χ1n) is 4.09. The summed E-state index contributed by atoms with van der Waals surface area (Å²) >= 11 is 0. The van der Waals surface area contributed by atoms with Gasteiger partial charge in [0.05, 0.1) is 25.4 Å². The minimum absolute atomic E-state index is 0.177. The molecule has 0 rings (SSSR count). The molecule has 0 atom stereocenters. The molecule has 0 aromatic rings. The monoisotopic (exact) mass is 177 g/mol. The van der Waals surface area contributed by atoms with Crippen molar-refractivity contribution in [1.82, 2.24) is 4.90 Å². The van der Waals surface area contributed by atoms with Crippen LogP contribution < -0.4 is 0 Å². The van der Waals surface area contributed by atoms with Gasteiger partial charge in [-0.1, -0.05) is 0 Å². The van der Waals surface area contributed by atoms with Crippen LogP contribution in [0.15, 0.2) is 0 Å². The van der Waals surface area contributed by atoms with E-state index in [2.05, 4.69) is 0 Å². The van der Waals surface area contributed by atoms with Crippen molar-refractivity contribution in [2.45, 2.75) is 25.4 Å².